The van der Waals surface area contributed by atoms with Gasteiger partial charge in [0, 0.05) is 11.1 Å². The van der Waals surface area contributed by atoms with E-state index < -0.39 is 5.72 Å². The summed E-state index contributed by atoms with van der Waals surface area (Å²) in [6.45, 7) is 3.33. The molecule has 1 aromatic carbocycles. The van der Waals surface area contributed by atoms with Crippen molar-refractivity contribution in [3.8, 4) is 5.75 Å². The first-order valence-electron chi connectivity index (χ1n) is 3.95. The number of hydrogen-bond acceptors (Lipinski definition) is 4. The van der Waals surface area contributed by atoms with E-state index in [4.69, 9.17) is 5.73 Å². The topological polar surface area (TPSA) is 83.5 Å². The number of aromatic hydroxyl groups is 1. The highest BCUT2D eigenvalue weighted by Crippen LogP contribution is 2.26. The normalized spacial score (nSPS) is 14.4. The predicted octanol–water partition coefficient (Wildman–Crippen LogP) is 0.495. The molecule has 1 atom stereocenters. The van der Waals surface area contributed by atoms with Gasteiger partial charge in [-0.1, -0.05) is 6.58 Å². The third kappa shape index (κ3) is 1.81. The van der Waals surface area contributed by atoms with Gasteiger partial charge < -0.3 is 10.2 Å². The fraction of sp³-hybridized carbons (Fsp3) is 0.100. The van der Waals surface area contributed by atoms with Gasteiger partial charge in [0.15, 0.2) is 5.72 Å². The van der Waals surface area contributed by atoms with Crippen LogP contribution >= 0.6 is 0 Å². The molecule has 0 saturated heterocycles. The van der Waals surface area contributed by atoms with Crippen molar-refractivity contribution in [2.75, 3.05) is 0 Å². The fourth-order valence-electron chi connectivity index (χ4n) is 1.06. The van der Waals surface area contributed by atoms with Crippen LogP contribution < -0.4 is 5.73 Å². The van der Waals surface area contributed by atoms with Gasteiger partial charge in [-0.3, -0.25) is 10.5 Å². The van der Waals surface area contributed by atoms with Crippen LogP contribution in [0.3, 0.4) is 0 Å². The molecule has 0 radical (unpaired) electrons. The minimum Gasteiger partial charge on any atom is -0.507 e. The molecule has 1 rings (SSSR count). The van der Waals surface area contributed by atoms with Crippen LogP contribution in [0.1, 0.15) is 15.9 Å². The summed E-state index contributed by atoms with van der Waals surface area (Å²) >= 11 is 0. The second-order valence-electron chi connectivity index (χ2n) is 2.92. The van der Waals surface area contributed by atoms with Gasteiger partial charge in [-0.2, -0.15) is 0 Å². The zero-order valence-electron chi connectivity index (χ0n) is 7.47. The Morgan fingerprint density at radius 3 is 2.64 bits per heavy atom. The first-order chi connectivity index (χ1) is 6.51. The molecule has 0 bridgehead atoms. The zero-order chi connectivity index (χ0) is 10.8. The number of benzene rings is 1. The Hall–Kier alpha value is -1.65. The summed E-state index contributed by atoms with van der Waals surface area (Å²) in [5.74, 6) is -0.180. The van der Waals surface area contributed by atoms with Crippen LogP contribution in [0, 0.1) is 0 Å². The number of phenols is 1. The van der Waals surface area contributed by atoms with E-state index in [0.717, 1.165) is 6.08 Å². The molecular formula is C10H11NO3. The van der Waals surface area contributed by atoms with Crippen molar-refractivity contribution >= 4 is 6.29 Å². The van der Waals surface area contributed by atoms with E-state index in [1.54, 1.807) is 0 Å². The maximum atomic E-state index is 10.5. The van der Waals surface area contributed by atoms with Crippen LogP contribution in [0.15, 0.2) is 30.9 Å². The summed E-state index contributed by atoms with van der Waals surface area (Å²) in [6, 6.07) is 4.02. The fourth-order valence-corrected chi connectivity index (χ4v) is 1.06. The summed E-state index contributed by atoms with van der Waals surface area (Å²) in [5, 5.41) is 19.0. The van der Waals surface area contributed by atoms with Gasteiger partial charge in [0.1, 0.15) is 12.0 Å². The van der Waals surface area contributed by atoms with E-state index in [0.29, 0.717) is 11.8 Å². The Morgan fingerprint density at radius 1 is 1.50 bits per heavy atom. The number of phenolic OH excluding ortho intramolecular Hbond substituents is 1. The molecule has 0 aliphatic heterocycles. The quantitative estimate of drug-likeness (QED) is 0.370. The standard InChI is InChI=1S/C10H11NO3/c1-2-10(11,14)8-5-7(6-12)3-4-9(8)13/h2-6,13-14H,1,11H2/t10-/m0/s1. The summed E-state index contributed by atoms with van der Waals surface area (Å²) in [4.78, 5) is 10.5. The number of rotatable bonds is 3. The van der Waals surface area contributed by atoms with Crippen molar-refractivity contribution in [1.29, 1.82) is 0 Å². The lowest BCUT2D eigenvalue weighted by atomic mass is 10.0. The van der Waals surface area contributed by atoms with Crippen molar-refractivity contribution in [3.63, 3.8) is 0 Å². The molecular weight excluding hydrogens is 182 g/mol. The molecule has 0 saturated carbocycles. The number of nitrogens with two attached hydrogens (primary N) is 1. The molecule has 74 valence electrons. The van der Waals surface area contributed by atoms with Crippen LogP contribution in [-0.2, 0) is 5.72 Å². The smallest absolute Gasteiger partial charge is 0.162 e. The lowest BCUT2D eigenvalue weighted by molar-refractivity contribution is 0.0945. The van der Waals surface area contributed by atoms with Gasteiger partial charge in [-0.25, -0.2) is 0 Å². The van der Waals surface area contributed by atoms with Crippen molar-refractivity contribution in [2.45, 2.75) is 5.72 Å². The number of hydrogen-bond donors (Lipinski definition) is 3. The van der Waals surface area contributed by atoms with Gasteiger partial charge in [0.25, 0.3) is 0 Å². The SMILES string of the molecule is C=C[C@](N)(O)c1cc(C=O)ccc1O. The highest BCUT2D eigenvalue weighted by Gasteiger charge is 2.23. The Bertz CT molecular complexity index is 372. The maximum Gasteiger partial charge on any atom is 0.162 e. The van der Waals surface area contributed by atoms with Crippen molar-refractivity contribution < 1.29 is 15.0 Å². The van der Waals surface area contributed by atoms with Crippen LogP contribution in [0.25, 0.3) is 0 Å². The molecule has 0 aliphatic rings. The van der Waals surface area contributed by atoms with Gasteiger partial charge in [-0.05, 0) is 24.3 Å². The summed E-state index contributed by atoms with van der Waals surface area (Å²) in [5.41, 5.74) is 3.97. The number of aldehydes is 1. The van der Waals surface area contributed by atoms with E-state index in [-0.39, 0.29) is 11.3 Å². The second kappa shape index (κ2) is 3.61. The van der Waals surface area contributed by atoms with E-state index in [1.165, 1.54) is 18.2 Å². The molecule has 0 fully saturated rings. The molecule has 0 aliphatic carbocycles. The third-order valence-corrected chi connectivity index (χ3v) is 1.90. The molecule has 4 nitrogen and oxygen atoms in total. The lowest BCUT2D eigenvalue weighted by Crippen LogP contribution is -2.33. The van der Waals surface area contributed by atoms with E-state index >= 15 is 0 Å². The summed E-state index contributed by atoms with van der Waals surface area (Å²) in [6.07, 6.45) is 1.68. The minimum atomic E-state index is -1.83. The Morgan fingerprint density at radius 2 is 2.14 bits per heavy atom. The molecule has 4 N–H and O–H groups in total. The van der Waals surface area contributed by atoms with Gasteiger partial charge in [0.05, 0.1) is 0 Å². The Balaban J connectivity index is 3.32. The first-order valence-corrected chi connectivity index (χ1v) is 3.95. The molecule has 0 heterocycles. The minimum absolute atomic E-state index is 0.0529. The van der Waals surface area contributed by atoms with Crippen LogP contribution in [0.2, 0.25) is 0 Å². The van der Waals surface area contributed by atoms with E-state index in [1.807, 2.05) is 0 Å². The first kappa shape index (κ1) is 10.4. The monoisotopic (exact) mass is 193 g/mol. The molecule has 0 unspecified atom stereocenters. The maximum absolute atomic E-state index is 10.5. The molecule has 4 heteroatoms. The second-order valence-corrected chi connectivity index (χ2v) is 2.92. The summed E-state index contributed by atoms with van der Waals surface area (Å²) < 4.78 is 0. The number of aliphatic hydroxyl groups is 1. The van der Waals surface area contributed by atoms with Crippen molar-refractivity contribution in [2.24, 2.45) is 5.73 Å². The van der Waals surface area contributed by atoms with Crippen molar-refractivity contribution in [3.05, 3.63) is 42.0 Å². The Labute approximate surface area is 81.3 Å². The average molecular weight is 193 g/mol. The van der Waals surface area contributed by atoms with Gasteiger partial charge >= 0.3 is 0 Å². The van der Waals surface area contributed by atoms with Crippen LogP contribution in [0.5, 0.6) is 5.75 Å². The van der Waals surface area contributed by atoms with Gasteiger partial charge in [0.2, 0.25) is 0 Å². The number of carbonyl (C=O) groups excluding carboxylic acids is 1. The largest absolute Gasteiger partial charge is 0.507 e. The van der Waals surface area contributed by atoms with Gasteiger partial charge in [-0.15, -0.1) is 0 Å². The summed E-state index contributed by atoms with van der Waals surface area (Å²) in [7, 11) is 0. The highest BCUT2D eigenvalue weighted by atomic mass is 16.3. The Kier molecular flexibility index (Phi) is 2.69. The molecule has 0 spiro atoms. The molecule has 1 aromatic rings. The third-order valence-electron chi connectivity index (χ3n) is 1.90. The predicted molar refractivity (Wildman–Crippen MR) is 51.8 cm³/mol. The van der Waals surface area contributed by atoms with Crippen molar-refractivity contribution in [1.82, 2.24) is 0 Å². The molecule has 0 aromatic heterocycles. The lowest BCUT2D eigenvalue weighted by Gasteiger charge is -2.20. The zero-order valence-corrected chi connectivity index (χ0v) is 7.47. The van der Waals surface area contributed by atoms with E-state index in [9.17, 15) is 15.0 Å². The number of carbonyl (C=O) groups is 1. The highest BCUT2D eigenvalue weighted by molar-refractivity contribution is 5.75. The van der Waals surface area contributed by atoms with E-state index in [2.05, 4.69) is 6.58 Å². The molecule has 0 amide bonds. The van der Waals surface area contributed by atoms with Crippen LogP contribution in [-0.4, -0.2) is 16.5 Å². The average Bonchev–Trinajstić information content (AvgIpc) is 2.18. The van der Waals surface area contributed by atoms with Crippen LogP contribution in [0.4, 0.5) is 0 Å². The molecule has 14 heavy (non-hydrogen) atoms.